The summed E-state index contributed by atoms with van der Waals surface area (Å²) in [5.41, 5.74) is 3.00. The van der Waals surface area contributed by atoms with Crippen molar-refractivity contribution in [2.75, 3.05) is 13.7 Å². The second kappa shape index (κ2) is 6.70. The molecule has 1 aliphatic rings. The van der Waals surface area contributed by atoms with Gasteiger partial charge in [0.05, 0.1) is 18.1 Å². The van der Waals surface area contributed by atoms with Gasteiger partial charge in [-0.3, -0.25) is 14.9 Å². The fraction of sp³-hybridized carbons (Fsp3) is 0.278. The predicted molar refractivity (Wildman–Crippen MR) is 87.9 cm³/mol. The molecule has 3 rings (SSSR count). The van der Waals surface area contributed by atoms with Gasteiger partial charge in [0.15, 0.2) is 23.9 Å². The number of ether oxygens (including phenoxy) is 2. The van der Waals surface area contributed by atoms with E-state index in [1.807, 2.05) is 12.1 Å². The van der Waals surface area contributed by atoms with Gasteiger partial charge < -0.3 is 9.47 Å². The van der Waals surface area contributed by atoms with Crippen LogP contribution < -0.4 is 9.47 Å². The molecule has 0 N–H and O–H groups in total. The van der Waals surface area contributed by atoms with E-state index in [1.54, 1.807) is 6.07 Å². The normalized spacial score (nSPS) is 12.5. The number of nitro benzene ring substituents is 1. The van der Waals surface area contributed by atoms with E-state index in [-0.39, 0.29) is 23.8 Å². The fourth-order valence-corrected chi connectivity index (χ4v) is 2.86. The second-order valence-electron chi connectivity index (χ2n) is 5.64. The van der Waals surface area contributed by atoms with Crippen LogP contribution in [0.3, 0.4) is 0 Å². The zero-order valence-corrected chi connectivity index (χ0v) is 13.3. The molecule has 0 saturated carbocycles. The van der Waals surface area contributed by atoms with Crippen LogP contribution in [0.5, 0.6) is 11.5 Å². The molecule has 0 aliphatic heterocycles. The van der Waals surface area contributed by atoms with Crippen LogP contribution in [0.2, 0.25) is 0 Å². The van der Waals surface area contributed by atoms with Crippen LogP contribution in [0.1, 0.15) is 27.9 Å². The smallest absolute Gasteiger partial charge is 0.273 e. The van der Waals surface area contributed by atoms with E-state index in [2.05, 4.69) is 0 Å². The largest absolute Gasteiger partial charge is 0.493 e. The van der Waals surface area contributed by atoms with Crippen LogP contribution in [0, 0.1) is 10.1 Å². The molecular formula is C18H17NO5. The van der Waals surface area contributed by atoms with E-state index >= 15 is 0 Å². The van der Waals surface area contributed by atoms with Crippen LogP contribution in [-0.4, -0.2) is 24.4 Å². The fourth-order valence-electron chi connectivity index (χ4n) is 2.86. The van der Waals surface area contributed by atoms with E-state index in [4.69, 9.17) is 9.47 Å². The van der Waals surface area contributed by atoms with Crippen molar-refractivity contribution in [1.82, 2.24) is 0 Å². The maximum absolute atomic E-state index is 12.3. The number of fused-ring (bicyclic) bond motifs is 1. The van der Waals surface area contributed by atoms with E-state index < -0.39 is 4.92 Å². The summed E-state index contributed by atoms with van der Waals surface area (Å²) >= 11 is 0. The highest BCUT2D eigenvalue weighted by Crippen LogP contribution is 2.31. The third kappa shape index (κ3) is 3.22. The molecule has 0 heterocycles. The van der Waals surface area contributed by atoms with E-state index in [0.717, 1.165) is 19.3 Å². The summed E-state index contributed by atoms with van der Waals surface area (Å²) in [6, 6.07) is 9.75. The van der Waals surface area contributed by atoms with Gasteiger partial charge in [-0.2, -0.15) is 0 Å². The summed E-state index contributed by atoms with van der Waals surface area (Å²) in [7, 11) is 1.44. The maximum Gasteiger partial charge on any atom is 0.273 e. The first-order valence-corrected chi connectivity index (χ1v) is 7.68. The van der Waals surface area contributed by atoms with Crippen molar-refractivity contribution < 1.29 is 19.2 Å². The van der Waals surface area contributed by atoms with Crippen LogP contribution in [0.15, 0.2) is 36.4 Å². The Balaban J connectivity index is 1.74. The van der Waals surface area contributed by atoms with Crippen LogP contribution in [0.25, 0.3) is 0 Å². The molecule has 0 aromatic heterocycles. The second-order valence-corrected chi connectivity index (χ2v) is 5.64. The molecule has 24 heavy (non-hydrogen) atoms. The third-order valence-electron chi connectivity index (χ3n) is 4.14. The quantitative estimate of drug-likeness (QED) is 0.462. The van der Waals surface area contributed by atoms with E-state index in [0.29, 0.717) is 11.3 Å². The number of Topliss-reactive ketones (excluding diaryl/α,β-unsaturated/α-hetero) is 1. The highest BCUT2D eigenvalue weighted by atomic mass is 16.6. The summed E-state index contributed by atoms with van der Waals surface area (Å²) < 4.78 is 10.6. The summed E-state index contributed by atoms with van der Waals surface area (Å²) in [6.45, 7) is -0.198. The molecule has 0 unspecified atom stereocenters. The average molecular weight is 327 g/mol. The first kappa shape index (κ1) is 16.0. The number of aryl methyl sites for hydroxylation is 2. The van der Waals surface area contributed by atoms with Gasteiger partial charge in [0.25, 0.3) is 5.69 Å². The van der Waals surface area contributed by atoms with Crippen LogP contribution >= 0.6 is 0 Å². The Hall–Kier alpha value is -2.89. The SMILES string of the molecule is COc1ccc([N+](=O)[O-])cc1OCC(=O)c1ccc2c(c1)CCC2. The lowest BCUT2D eigenvalue weighted by atomic mass is 10.0. The molecule has 0 fully saturated rings. The molecule has 2 aromatic carbocycles. The molecule has 6 heteroatoms. The maximum atomic E-state index is 12.3. The minimum Gasteiger partial charge on any atom is -0.493 e. The molecule has 0 radical (unpaired) electrons. The number of carbonyl (C=O) groups is 1. The van der Waals surface area contributed by atoms with Crippen molar-refractivity contribution in [3.05, 3.63) is 63.2 Å². The Morgan fingerprint density at radius 1 is 1.12 bits per heavy atom. The summed E-state index contributed by atoms with van der Waals surface area (Å²) in [5, 5.41) is 10.9. The van der Waals surface area contributed by atoms with Gasteiger partial charge >= 0.3 is 0 Å². The number of nitrogens with zero attached hydrogens (tertiary/aromatic N) is 1. The number of ketones is 1. The molecule has 124 valence electrons. The Morgan fingerprint density at radius 3 is 2.67 bits per heavy atom. The molecule has 6 nitrogen and oxygen atoms in total. The first-order chi connectivity index (χ1) is 11.6. The zero-order valence-electron chi connectivity index (χ0n) is 13.3. The van der Waals surface area contributed by atoms with Crippen molar-refractivity contribution in [3.63, 3.8) is 0 Å². The Morgan fingerprint density at radius 2 is 1.92 bits per heavy atom. The number of hydrogen-bond donors (Lipinski definition) is 0. The lowest BCUT2D eigenvalue weighted by Crippen LogP contribution is -2.12. The topological polar surface area (TPSA) is 78.7 Å². The monoisotopic (exact) mass is 327 g/mol. The minimum atomic E-state index is -0.519. The number of non-ortho nitro benzene ring substituents is 1. The molecule has 0 atom stereocenters. The Kier molecular flexibility index (Phi) is 4.46. The van der Waals surface area contributed by atoms with Gasteiger partial charge in [0.2, 0.25) is 0 Å². The number of carbonyl (C=O) groups excluding carboxylic acids is 1. The van der Waals surface area contributed by atoms with Gasteiger partial charge in [-0.15, -0.1) is 0 Å². The van der Waals surface area contributed by atoms with E-state index in [1.165, 1.54) is 36.4 Å². The van der Waals surface area contributed by atoms with Crippen molar-refractivity contribution in [3.8, 4) is 11.5 Å². The third-order valence-corrected chi connectivity index (χ3v) is 4.14. The predicted octanol–water partition coefficient (Wildman–Crippen LogP) is 3.35. The lowest BCUT2D eigenvalue weighted by molar-refractivity contribution is -0.385. The van der Waals surface area contributed by atoms with Gasteiger partial charge in [-0.05, 0) is 42.5 Å². The van der Waals surface area contributed by atoms with Gasteiger partial charge in [0, 0.05) is 11.6 Å². The first-order valence-electron chi connectivity index (χ1n) is 7.68. The number of nitro groups is 1. The van der Waals surface area contributed by atoms with E-state index in [9.17, 15) is 14.9 Å². The summed E-state index contributed by atoms with van der Waals surface area (Å²) in [6.07, 6.45) is 3.18. The molecular weight excluding hydrogens is 310 g/mol. The molecule has 0 amide bonds. The van der Waals surface area contributed by atoms with Crippen LogP contribution in [-0.2, 0) is 12.8 Å². The molecule has 0 bridgehead atoms. The number of rotatable bonds is 6. The van der Waals surface area contributed by atoms with Gasteiger partial charge in [0.1, 0.15) is 0 Å². The van der Waals surface area contributed by atoms with Crippen molar-refractivity contribution in [2.45, 2.75) is 19.3 Å². The lowest BCUT2D eigenvalue weighted by Gasteiger charge is -2.10. The van der Waals surface area contributed by atoms with Crippen LogP contribution in [0.4, 0.5) is 5.69 Å². The number of hydrogen-bond acceptors (Lipinski definition) is 5. The summed E-state index contributed by atoms with van der Waals surface area (Å²) in [5.74, 6) is 0.363. The molecule has 2 aromatic rings. The zero-order chi connectivity index (χ0) is 17.1. The minimum absolute atomic E-state index is 0.115. The number of methoxy groups -OCH3 is 1. The van der Waals surface area contributed by atoms with Crippen molar-refractivity contribution in [1.29, 1.82) is 0 Å². The molecule has 1 aliphatic carbocycles. The number of benzene rings is 2. The van der Waals surface area contributed by atoms with Gasteiger partial charge in [-0.25, -0.2) is 0 Å². The van der Waals surface area contributed by atoms with Crippen molar-refractivity contribution in [2.24, 2.45) is 0 Å². The Labute approximate surface area is 139 Å². The molecule has 0 saturated heterocycles. The van der Waals surface area contributed by atoms with Crippen molar-refractivity contribution >= 4 is 11.5 Å². The standard InChI is InChI=1S/C18H17NO5/c1-23-17-8-7-15(19(21)22)10-18(17)24-11-16(20)14-6-5-12-3-2-4-13(12)9-14/h5-10H,2-4,11H2,1H3. The highest BCUT2D eigenvalue weighted by Gasteiger charge is 2.16. The summed E-state index contributed by atoms with van der Waals surface area (Å²) in [4.78, 5) is 22.7. The van der Waals surface area contributed by atoms with Gasteiger partial charge in [-0.1, -0.05) is 12.1 Å². The molecule has 0 spiro atoms. The average Bonchev–Trinajstić information content (AvgIpc) is 3.06. The highest BCUT2D eigenvalue weighted by molar-refractivity contribution is 5.97. The Bertz CT molecular complexity index is 800.